The molecule has 0 aliphatic carbocycles. The molecule has 0 aromatic heterocycles. The molecule has 1 heterocycles. The van der Waals surface area contributed by atoms with E-state index in [9.17, 15) is 0 Å². The molecular formula is C14H28N2. The van der Waals surface area contributed by atoms with Gasteiger partial charge in [-0.2, -0.15) is 0 Å². The van der Waals surface area contributed by atoms with Crippen molar-refractivity contribution >= 4 is 0 Å². The maximum atomic E-state index is 3.61. The Bertz CT molecular complexity index is 227. The molecule has 1 fully saturated rings. The summed E-state index contributed by atoms with van der Waals surface area (Å²) in [6, 6.07) is 0. The Labute approximate surface area is 101 Å². The van der Waals surface area contributed by atoms with E-state index in [4.69, 9.17) is 0 Å². The Balaban J connectivity index is 2.27. The Hall–Kier alpha value is -0.340. The molecule has 0 radical (unpaired) electrons. The normalized spacial score (nSPS) is 16.1. The van der Waals surface area contributed by atoms with Crippen molar-refractivity contribution in [1.29, 1.82) is 0 Å². The fraction of sp³-hybridized carbons (Fsp3) is 0.857. The zero-order chi connectivity index (χ0) is 12.1. The highest BCUT2D eigenvalue weighted by Gasteiger charge is 2.17. The molecule has 2 N–H and O–H groups in total. The molecule has 16 heavy (non-hydrogen) atoms. The van der Waals surface area contributed by atoms with E-state index in [-0.39, 0.29) is 0 Å². The lowest BCUT2D eigenvalue weighted by atomic mass is 9.85. The van der Waals surface area contributed by atoms with Gasteiger partial charge in [0, 0.05) is 19.6 Å². The Morgan fingerprint density at radius 2 is 1.75 bits per heavy atom. The lowest BCUT2D eigenvalue weighted by molar-refractivity contribution is 0.278. The summed E-state index contributed by atoms with van der Waals surface area (Å²) in [4.78, 5) is 0. The van der Waals surface area contributed by atoms with Crippen molar-refractivity contribution in [2.45, 2.75) is 34.6 Å². The van der Waals surface area contributed by atoms with E-state index in [2.05, 4.69) is 45.3 Å². The summed E-state index contributed by atoms with van der Waals surface area (Å²) in [6.45, 7) is 16.0. The SMILES string of the molecule is CC(CNCC(C(C)C)C(C)C)=C1CNC1. The highest BCUT2D eigenvalue weighted by molar-refractivity contribution is 5.22. The van der Waals surface area contributed by atoms with Gasteiger partial charge in [0.1, 0.15) is 0 Å². The molecule has 0 aromatic rings. The smallest absolute Gasteiger partial charge is 0.0183 e. The molecule has 0 aromatic carbocycles. The third kappa shape index (κ3) is 3.91. The van der Waals surface area contributed by atoms with E-state index in [0.717, 1.165) is 43.9 Å². The highest BCUT2D eigenvalue weighted by Crippen LogP contribution is 2.19. The number of nitrogens with one attached hydrogen (secondary N) is 2. The van der Waals surface area contributed by atoms with Gasteiger partial charge in [-0.1, -0.05) is 33.3 Å². The lowest BCUT2D eigenvalue weighted by Crippen LogP contribution is -2.37. The van der Waals surface area contributed by atoms with Gasteiger partial charge >= 0.3 is 0 Å². The van der Waals surface area contributed by atoms with Gasteiger partial charge in [-0.15, -0.1) is 0 Å². The van der Waals surface area contributed by atoms with Crippen LogP contribution in [0, 0.1) is 17.8 Å². The van der Waals surface area contributed by atoms with Crippen LogP contribution in [-0.4, -0.2) is 26.2 Å². The zero-order valence-corrected chi connectivity index (χ0v) is 11.6. The van der Waals surface area contributed by atoms with E-state index in [1.54, 1.807) is 5.57 Å². The minimum atomic E-state index is 0.769. The highest BCUT2D eigenvalue weighted by atomic mass is 14.9. The second-order valence-electron chi connectivity index (χ2n) is 5.77. The van der Waals surface area contributed by atoms with Gasteiger partial charge in [0.2, 0.25) is 0 Å². The molecule has 0 bridgehead atoms. The molecule has 1 aliphatic heterocycles. The van der Waals surface area contributed by atoms with Crippen molar-refractivity contribution < 1.29 is 0 Å². The third-order valence-electron chi connectivity index (χ3n) is 3.76. The standard InChI is InChI=1S/C14H28N2/c1-10(2)14(11(3)4)9-15-6-12(5)13-7-16-8-13/h10-11,14-16H,6-9H2,1-5H3. The average Bonchev–Trinajstić information content (AvgIpc) is 2.07. The van der Waals surface area contributed by atoms with Crippen molar-refractivity contribution in [2.24, 2.45) is 17.8 Å². The number of hydrogen-bond acceptors (Lipinski definition) is 2. The Morgan fingerprint density at radius 3 is 2.12 bits per heavy atom. The summed E-state index contributed by atoms with van der Waals surface area (Å²) >= 11 is 0. The van der Waals surface area contributed by atoms with Crippen LogP contribution in [0.15, 0.2) is 11.1 Å². The first-order valence-electron chi connectivity index (χ1n) is 6.61. The van der Waals surface area contributed by atoms with Gasteiger partial charge in [0.15, 0.2) is 0 Å². The van der Waals surface area contributed by atoms with E-state index >= 15 is 0 Å². The van der Waals surface area contributed by atoms with E-state index < -0.39 is 0 Å². The molecule has 0 unspecified atom stereocenters. The lowest BCUT2D eigenvalue weighted by Gasteiger charge is -2.26. The van der Waals surface area contributed by atoms with Crippen LogP contribution in [0.1, 0.15) is 34.6 Å². The van der Waals surface area contributed by atoms with Crippen LogP contribution in [0.4, 0.5) is 0 Å². The first-order valence-corrected chi connectivity index (χ1v) is 6.61. The maximum Gasteiger partial charge on any atom is 0.0183 e. The molecule has 1 aliphatic rings. The van der Waals surface area contributed by atoms with Gasteiger partial charge < -0.3 is 10.6 Å². The van der Waals surface area contributed by atoms with Gasteiger partial charge in [0.05, 0.1) is 0 Å². The first-order chi connectivity index (χ1) is 7.52. The van der Waals surface area contributed by atoms with Crippen LogP contribution in [-0.2, 0) is 0 Å². The van der Waals surface area contributed by atoms with Gasteiger partial charge in [-0.3, -0.25) is 0 Å². The van der Waals surface area contributed by atoms with Crippen molar-refractivity contribution in [1.82, 2.24) is 10.6 Å². The summed E-state index contributed by atoms with van der Waals surface area (Å²) in [5.41, 5.74) is 3.13. The summed E-state index contributed by atoms with van der Waals surface area (Å²) in [5, 5.41) is 6.90. The van der Waals surface area contributed by atoms with Crippen molar-refractivity contribution in [3.8, 4) is 0 Å². The molecule has 0 amide bonds. The number of hydrogen-bond donors (Lipinski definition) is 2. The fourth-order valence-electron chi connectivity index (χ4n) is 2.34. The Morgan fingerprint density at radius 1 is 1.19 bits per heavy atom. The van der Waals surface area contributed by atoms with Crippen LogP contribution >= 0.6 is 0 Å². The summed E-state index contributed by atoms with van der Waals surface area (Å²) in [5.74, 6) is 2.33. The summed E-state index contributed by atoms with van der Waals surface area (Å²) < 4.78 is 0. The molecule has 2 nitrogen and oxygen atoms in total. The molecule has 0 saturated carbocycles. The molecule has 2 heteroatoms. The average molecular weight is 224 g/mol. The Kier molecular flexibility index (Phi) is 5.50. The van der Waals surface area contributed by atoms with Crippen LogP contribution in [0.3, 0.4) is 0 Å². The zero-order valence-electron chi connectivity index (χ0n) is 11.6. The molecule has 1 rings (SSSR count). The quantitative estimate of drug-likeness (QED) is 0.677. The predicted octanol–water partition coefficient (Wildman–Crippen LogP) is 2.42. The first kappa shape index (κ1) is 13.7. The van der Waals surface area contributed by atoms with Crippen LogP contribution in [0.25, 0.3) is 0 Å². The fourth-order valence-corrected chi connectivity index (χ4v) is 2.34. The maximum absolute atomic E-state index is 3.61. The van der Waals surface area contributed by atoms with E-state index in [1.165, 1.54) is 5.57 Å². The monoisotopic (exact) mass is 224 g/mol. The van der Waals surface area contributed by atoms with Crippen LogP contribution < -0.4 is 10.6 Å². The van der Waals surface area contributed by atoms with Gasteiger partial charge in [-0.05, 0) is 36.8 Å². The summed E-state index contributed by atoms with van der Waals surface area (Å²) in [7, 11) is 0. The number of rotatable bonds is 6. The van der Waals surface area contributed by atoms with E-state index in [0.29, 0.717) is 0 Å². The second kappa shape index (κ2) is 6.41. The second-order valence-corrected chi connectivity index (χ2v) is 5.77. The third-order valence-corrected chi connectivity index (χ3v) is 3.76. The van der Waals surface area contributed by atoms with Crippen LogP contribution in [0.5, 0.6) is 0 Å². The molecule has 0 atom stereocenters. The van der Waals surface area contributed by atoms with Gasteiger partial charge in [-0.25, -0.2) is 0 Å². The van der Waals surface area contributed by atoms with Crippen molar-refractivity contribution in [2.75, 3.05) is 26.2 Å². The molecular weight excluding hydrogens is 196 g/mol. The van der Waals surface area contributed by atoms with Gasteiger partial charge in [0.25, 0.3) is 0 Å². The minimum absolute atomic E-state index is 0.769. The molecule has 1 saturated heterocycles. The molecule has 0 spiro atoms. The molecule has 94 valence electrons. The van der Waals surface area contributed by atoms with Crippen LogP contribution in [0.2, 0.25) is 0 Å². The minimum Gasteiger partial charge on any atom is -0.313 e. The van der Waals surface area contributed by atoms with Crippen molar-refractivity contribution in [3.05, 3.63) is 11.1 Å². The van der Waals surface area contributed by atoms with E-state index in [1.807, 2.05) is 0 Å². The summed E-state index contributed by atoms with van der Waals surface area (Å²) in [6.07, 6.45) is 0. The van der Waals surface area contributed by atoms with Crippen molar-refractivity contribution in [3.63, 3.8) is 0 Å². The topological polar surface area (TPSA) is 24.1 Å². The predicted molar refractivity (Wildman–Crippen MR) is 71.6 cm³/mol. The largest absolute Gasteiger partial charge is 0.313 e.